The van der Waals surface area contributed by atoms with Crippen molar-refractivity contribution in [2.75, 3.05) is 0 Å². The fourth-order valence-electron chi connectivity index (χ4n) is 1.45. The van der Waals surface area contributed by atoms with Crippen LogP contribution in [-0.2, 0) is 17.8 Å². The van der Waals surface area contributed by atoms with Crippen LogP contribution < -0.4 is 0 Å². The highest BCUT2D eigenvalue weighted by atomic mass is 19.1. The van der Waals surface area contributed by atoms with Gasteiger partial charge in [0.1, 0.15) is 5.83 Å². The van der Waals surface area contributed by atoms with Crippen molar-refractivity contribution in [3.8, 4) is 0 Å². The number of carboxylic acids is 1. The van der Waals surface area contributed by atoms with E-state index in [-0.39, 0.29) is 6.42 Å². The first-order chi connectivity index (χ1) is 9.56. The molecule has 1 aromatic heterocycles. The van der Waals surface area contributed by atoms with Gasteiger partial charge >= 0.3 is 5.97 Å². The Morgan fingerprint density at radius 2 is 2.20 bits per heavy atom. The molecule has 0 saturated heterocycles. The van der Waals surface area contributed by atoms with Gasteiger partial charge in [-0.15, -0.1) is 0 Å². The second-order valence-electron chi connectivity index (χ2n) is 3.68. The third-order valence-corrected chi connectivity index (χ3v) is 2.37. The molecule has 1 rings (SSSR count). The van der Waals surface area contributed by atoms with E-state index in [1.165, 1.54) is 18.6 Å². The van der Waals surface area contributed by atoms with E-state index >= 15 is 0 Å². The molecule has 0 saturated carbocycles. The summed E-state index contributed by atoms with van der Waals surface area (Å²) in [5, 5.41) is 8.74. The minimum absolute atomic E-state index is 0.106. The van der Waals surface area contributed by atoms with Crippen LogP contribution in [0.15, 0.2) is 48.7 Å². The summed E-state index contributed by atoms with van der Waals surface area (Å²) < 4.78 is 14.8. The summed E-state index contributed by atoms with van der Waals surface area (Å²) in [7, 11) is 0. The van der Waals surface area contributed by atoms with Crippen molar-refractivity contribution in [2.45, 2.75) is 33.7 Å². The Hall–Kier alpha value is -2.17. The zero-order valence-electron chi connectivity index (χ0n) is 12.1. The Bertz CT molecular complexity index is 502. The van der Waals surface area contributed by atoms with Crippen molar-refractivity contribution in [3.63, 3.8) is 0 Å². The van der Waals surface area contributed by atoms with Crippen LogP contribution in [-0.4, -0.2) is 20.6 Å². The van der Waals surface area contributed by atoms with Gasteiger partial charge in [0.25, 0.3) is 0 Å². The molecule has 0 aliphatic rings. The molecule has 0 radical (unpaired) electrons. The number of imidazole rings is 1. The first-order valence-corrected chi connectivity index (χ1v) is 6.42. The molecule has 4 nitrogen and oxygen atoms in total. The molecule has 0 fully saturated rings. The van der Waals surface area contributed by atoms with E-state index in [9.17, 15) is 9.18 Å². The fraction of sp³-hybridized carbons (Fsp3) is 0.333. The third kappa shape index (κ3) is 6.13. The van der Waals surface area contributed by atoms with Gasteiger partial charge in [-0.05, 0) is 24.6 Å². The quantitative estimate of drug-likeness (QED) is 0.811. The van der Waals surface area contributed by atoms with Gasteiger partial charge in [0.2, 0.25) is 0 Å². The number of hydrogen-bond acceptors (Lipinski definition) is 2. The van der Waals surface area contributed by atoms with E-state index in [1.807, 2.05) is 13.8 Å². The minimum atomic E-state index is -0.924. The summed E-state index contributed by atoms with van der Waals surface area (Å²) in [6.07, 6.45) is 7.15. The maximum absolute atomic E-state index is 13.1. The van der Waals surface area contributed by atoms with Gasteiger partial charge in [-0.2, -0.15) is 0 Å². The summed E-state index contributed by atoms with van der Waals surface area (Å²) in [5.74, 6) is -1.35. The Labute approximate surface area is 119 Å². The predicted octanol–water partition coefficient (Wildman–Crippen LogP) is 3.52. The summed E-state index contributed by atoms with van der Waals surface area (Å²) >= 11 is 0. The van der Waals surface area contributed by atoms with E-state index in [1.54, 1.807) is 17.6 Å². The minimum Gasteiger partial charge on any atom is -0.481 e. The van der Waals surface area contributed by atoms with Gasteiger partial charge in [0.05, 0.1) is 12.7 Å². The van der Waals surface area contributed by atoms with Crippen LogP contribution in [0, 0.1) is 0 Å². The summed E-state index contributed by atoms with van der Waals surface area (Å²) in [6.45, 7) is 9.50. The van der Waals surface area contributed by atoms with Crippen LogP contribution in [0.2, 0.25) is 0 Å². The Balaban J connectivity index is 0.00000172. The topological polar surface area (TPSA) is 55.1 Å². The SMILES string of the molecule is C=C/C(F)=C\C(=C/C)Cn1cncc1CC(=O)O.CC. The Morgan fingerprint density at radius 3 is 2.70 bits per heavy atom. The van der Waals surface area contributed by atoms with Crippen molar-refractivity contribution in [1.29, 1.82) is 0 Å². The van der Waals surface area contributed by atoms with E-state index < -0.39 is 11.8 Å². The van der Waals surface area contributed by atoms with E-state index in [0.717, 1.165) is 11.6 Å². The zero-order valence-corrected chi connectivity index (χ0v) is 12.1. The highest BCUT2D eigenvalue weighted by Gasteiger charge is 2.07. The summed E-state index contributed by atoms with van der Waals surface area (Å²) in [4.78, 5) is 14.6. The van der Waals surface area contributed by atoms with E-state index in [4.69, 9.17) is 5.11 Å². The van der Waals surface area contributed by atoms with Crippen LogP contribution in [0.5, 0.6) is 0 Å². The van der Waals surface area contributed by atoms with Crippen LogP contribution >= 0.6 is 0 Å². The molecule has 0 amide bonds. The van der Waals surface area contributed by atoms with Gasteiger partial charge < -0.3 is 9.67 Å². The lowest BCUT2D eigenvalue weighted by molar-refractivity contribution is -0.136. The highest BCUT2D eigenvalue weighted by Crippen LogP contribution is 2.10. The molecule has 1 heterocycles. The van der Waals surface area contributed by atoms with Crippen molar-refractivity contribution in [3.05, 3.63) is 54.4 Å². The molecule has 0 aliphatic heterocycles. The maximum atomic E-state index is 13.1. The average Bonchev–Trinajstić information content (AvgIpc) is 2.86. The number of nitrogens with zero attached hydrogens (tertiary/aromatic N) is 2. The molecule has 0 bridgehead atoms. The van der Waals surface area contributed by atoms with Crippen LogP contribution in [0.1, 0.15) is 26.5 Å². The number of carbonyl (C=O) groups is 1. The highest BCUT2D eigenvalue weighted by molar-refractivity contribution is 5.69. The molecule has 5 heteroatoms. The molecule has 110 valence electrons. The first-order valence-electron chi connectivity index (χ1n) is 6.42. The second kappa shape index (κ2) is 9.72. The van der Waals surface area contributed by atoms with Crippen molar-refractivity contribution in [1.82, 2.24) is 9.55 Å². The molecule has 0 unspecified atom stereocenters. The van der Waals surface area contributed by atoms with Gasteiger partial charge in [-0.25, -0.2) is 9.37 Å². The summed E-state index contributed by atoms with van der Waals surface area (Å²) in [5.41, 5.74) is 1.30. The van der Waals surface area contributed by atoms with Gasteiger partial charge in [0, 0.05) is 18.4 Å². The molecule has 0 atom stereocenters. The maximum Gasteiger partial charge on any atom is 0.309 e. The number of carboxylic acid groups (broad SMARTS) is 1. The molecule has 1 N–H and O–H groups in total. The number of halogens is 1. The monoisotopic (exact) mass is 280 g/mol. The Morgan fingerprint density at radius 1 is 1.55 bits per heavy atom. The third-order valence-electron chi connectivity index (χ3n) is 2.37. The number of aromatic nitrogens is 2. The zero-order chi connectivity index (χ0) is 15.5. The molecule has 0 spiro atoms. The molecular formula is C15H21FN2O2. The van der Waals surface area contributed by atoms with E-state index in [0.29, 0.717) is 12.2 Å². The smallest absolute Gasteiger partial charge is 0.309 e. The molecular weight excluding hydrogens is 259 g/mol. The normalized spacial score (nSPS) is 11.6. The van der Waals surface area contributed by atoms with Gasteiger partial charge in [0.15, 0.2) is 0 Å². The molecule has 20 heavy (non-hydrogen) atoms. The second-order valence-corrected chi connectivity index (χ2v) is 3.68. The average molecular weight is 280 g/mol. The number of allylic oxidation sites excluding steroid dienone is 5. The Kier molecular flexibility index (Phi) is 8.67. The largest absolute Gasteiger partial charge is 0.481 e. The number of rotatable bonds is 6. The van der Waals surface area contributed by atoms with Crippen LogP contribution in [0.3, 0.4) is 0 Å². The molecule has 0 aromatic carbocycles. The van der Waals surface area contributed by atoms with Crippen molar-refractivity contribution in [2.24, 2.45) is 0 Å². The lowest BCUT2D eigenvalue weighted by atomic mass is 10.2. The lowest BCUT2D eigenvalue weighted by Crippen LogP contribution is -2.08. The van der Waals surface area contributed by atoms with Crippen LogP contribution in [0.25, 0.3) is 0 Å². The standard InChI is InChI=1S/C13H15FN2O2.C2H6/c1-3-10(5-11(14)4-2)8-16-9-15-7-12(16)6-13(17)18;1-2/h3-5,7,9H,2,6,8H2,1H3,(H,17,18);1-2H3/b10-3+,11-5+;. The van der Waals surface area contributed by atoms with Crippen LogP contribution in [0.4, 0.5) is 4.39 Å². The number of hydrogen-bond donors (Lipinski definition) is 1. The van der Waals surface area contributed by atoms with Crippen molar-refractivity contribution < 1.29 is 14.3 Å². The predicted molar refractivity (Wildman–Crippen MR) is 78.1 cm³/mol. The van der Waals surface area contributed by atoms with E-state index in [2.05, 4.69) is 11.6 Å². The molecule has 1 aromatic rings. The number of aliphatic carboxylic acids is 1. The van der Waals surface area contributed by atoms with Crippen molar-refractivity contribution >= 4 is 5.97 Å². The summed E-state index contributed by atoms with van der Waals surface area (Å²) in [6, 6.07) is 0. The van der Waals surface area contributed by atoms with Gasteiger partial charge in [-0.3, -0.25) is 4.79 Å². The van der Waals surface area contributed by atoms with Gasteiger partial charge in [-0.1, -0.05) is 26.5 Å². The first kappa shape index (κ1) is 17.8. The molecule has 0 aliphatic carbocycles. The lowest BCUT2D eigenvalue weighted by Gasteiger charge is -2.07. The fourth-order valence-corrected chi connectivity index (χ4v) is 1.45.